The van der Waals surface area contributed by atoms with Gasteiger partial charge in [-0.1, -0.05) is 11.6 Å². The van der Waals surface area contributed by atoms with E-state index < -0.39 is 0 Å². The standard InChI is InChI=1S/C11H13ClN4OS/c1-6-9(10(13)15-14-6)11(17)16(2)5-7-3-4-8(12)18-7/h3-4H,5H2,1-2H3,(H3,13,14,15). The number of nitrogens with two attached hydrogens (primary N) is 1. The van der Waals surface area contributed by atoms with Crippen molar-refractivity contribution in [2.45, 2.75) is 13.5 Å². The number of hydrogen-bond donors (Lipinski definition) is 2. The predicted molar refractivity (Wildman–Crippen MR) is 72.9 cm³/mol. The van der Waals surface area contributed by atoms with E-state index in [0.29, 0.717) is 22.1 Å². The Hall–Kier alpha value is -1.53. The van der Waals surface area contributed by atoms with Crippen LogP contribution in [-0.2, 0) is 6.54 Å². The van der Waals surface area contributed by atoms with Gasteiger partial charge in [0.15, 0.2) is 5.82 Å². The topological polar surface area (TPSA) is 75.0 Å². The van der Waals surface area contributed by atoms with Crippen molar-refractivity contribution >= 4 is 34.7 Å². The molecule has 0 bridgehead atoms. The number of aryl methyl sites for hydroxylation is 1. The Kier molecular flexibility index (Phi) is 3.58. The van der Waals surface area contributed by atoms with Gasteiger partial charge in [0.05, 0.1) is 10.9 Å². The van der Waals surface area contributed by atoms with Crippen molar-refractivity contribution in [2.75, 3.05) is 12.8 Å². The summed E-state index contributed by atoms with van der Waals surface area (Å²) in [4.78, 5) is 14.8. The maximum Gasteiger partial charge on any atom is 0.259 e. The zero-order chi connectivity index (χ0) is 13.3. The summed E-state index contributed by atoms with van der Waals surface area (Å²) in [5.74, 6) is 0.0804. The minimum atomic E-state index is -0.150. The van der Waals surface area contributed by atoms with E-state index in [2.05, 4.69) is 10.2 Å². The van der Waals surface area contributed by atoms with Gasteiger partial charge in [0.2, 0.25) is 0 Å². The molecule has 5 nitrogen and oxygen atoms in total. The molecule has 0 unspecified atom stereocenters. The van der Waals surface area contributed by atoms with Gasteiger partial charge in [0, 0.05) is 17.6 Å². The van der Waals surface area contributed by atoms with E-state index in [-0.39, 0.29) is 11.7 Å². The van der Waals surface area contributed by atoms with E-state index in [1.807, 2.05) is 12.1 Å². The van der Waals surface area contributed by atoms with Crippen molar-refractivity contribution < 1.29 is 4.79 Å². The van der Waals surface area contributed by atoms with Gasteiger partial charge >= 0.3 is 0 Å². The second-order valence-electron chi connectivity index (χ2n) is 3.98. The summed E-state index contributed by atoms with van der Waals surface area (Å²) in [5, 5.41) is 6.52. The van der Waals surface area contributed by atoms with Gasteiger partial charge in [-0.15, -0.1) is 11.3 Å². The molecule has 0 aromatic carbocycles. The third-order valence-corrected chi connectivity index (χ3v) is 3.77. The number of H-pyrrole nitrogens is 1. The smallest absolute Gasteiger partial charge is 0.259 e. The fourth-order valence-electron chi connectivity index (χ4n) is 1.65. The molecule has 2 aromatic heterocycles. The molecule has 0 aliphatic heterocycles. The van der Waals surface area contributed by atoms with Crippen molar-refractivity contribution in [3.05, 3.63) is 32.6 Å². The number of amides is 1. The first-order valence-corrected chi connectivity index (χ1v) is 6.48. The van der Waals surface area contributed by atoms with Crippen LogP contribution in [0.3, 0.4) is 0 Å². The molecular formula is C11H13ClN4OS. The first kappa shape index (κ1) is 12.9. The Morgan fingerprint density at radius 1 is 1.61 bits per heavy atom. The van der Waals surface area contributed by atoms with Gasteiger partial charge in [0.25, 0.3) is 5.91 Å². The van der Waals surface area contributed by atoms with Crippen LogP contribution in [0.15, 0.2) is 12.1 Å². The maximum atomic E-state index is 12.2. The molecule has 2 rings (SSSR count). The quantitative estimate of drug-likeness (QED) is 0.908. The van der Waals surface area contributed by atoms with Crippen LogP contribution in [-0.4, -0.2) is 28.1 Å². The lowest BCUT2D eigenvalue weighted by molar-refractivity contribution is 0.0787. The fraction of sp³-hybridized carbons (Fsp3) is 0.273. The van der Waals surface area contributed by atoms with Gasteiger partial charge in [-0.2, -0.15) is 5.10 Å². The molecule has 0 radical (unpaired) electrons. The minimum absolute atomic E-state index is 0.150. The third kappa shape index (κ3) is 2.49. The molecule has 3 N–H and O–H groups in total. The molecule has 0 fully saturated rings. The number of carbonyl (C=O) groups is 1. The van der Waals surface area contributed by atoms with E-state index in [9.17, 15) is 4.79 Å². The number of nitrogens with zero attached hydrogens (tertiary/aromatic N) is 2. The van der Waals surface area contributed by atoms with Gasteiger partial charge in [-0.25, -0.2) is 0 Å². The highest BCUT2D eigenvalue weighted by molar-refractivity contribution is 7.16. The van der Waals surface area contributed by atoms with E-state index in [1.54, 1.807) is 18.9 Å². The zero-order valence-electron chi connectivity index (χ0n) is 10.0. The monoisotopic (exact) mass is 284 g/mol. The summed E-state index contributed by atoms with van der Waals surface area (Å²) in [5.41, 5.74) is 6.77. The summed E-state index contributed by atoms with van der Waals surface area (Å²) in [7, 11) is 1.72. The normalized spacial score (nSPS) is 10.6. The van der Waals surface area contributed by atoms with Crippen LogP contribution >= 0.6 is 22.9 Å². The summed E-state index contributed by atoms with van der Waals surface area (Å²) in [6.45, 7) is 2.27. The molecule has 96 valence electrons. The molecule has 7 heteroatoms. The van der Waals surface area contributed by atoms with Crippen molar-refractivity contribution in [3.8, 4) is 0 Å². The van der Waals surface area contributed by atoms with E-state index in [0.717, 1.165) is 4.88 Å². The molecule has 2 aromatic rings. The summed E-state index contributed by atoms with van der Waals surface area (Å²) >= 11 is 7.31. The largest absolute Gasteiger partial charge is 0.382 e. The van der Waals surface area contributed by atoms with Crippen LogP contribution in [0.5, 0.6) is 0 Å². The Balaban J connectivity index is 2.14. The molecule has 0 saturated heterocycles. The molecule has 2 heterocycles. The Morgan fingerprint density at radius 2 is 2.33 bits per heavy atom. The molecule has 0 saturated carbocycles. The average molecular weight is 285 g/mol. The molecular weight excluding hydrogens is 272 g/mol. The van der Waals surface area contributed by atoms with Crippen LogP contribution in [0, 0.1) is 6.92 Å². The molecule has 0 spiro atoms. The third-order valence-electron chi connectivity index (χ3n) is 2.56. The second-order valence-corrected chi connectivity index (χ2v) is 5.78. The number of aromatic nitrogens is 2. The first-order chi connectivity index (χ1) is 8.49. The summed E-state index contributed by atoms with van der Waals surface area (Å²) < 4.78 is 0.713. The maximum absolute atomic E-state index is 12.2. The number of aromatic amines is 1. The SMILES string of the molecule is Cc1[nH]nc(N)c1C(=O)N(C)Cc1ccc(Cl)s1. The number of nitrogens with one attached hydrogen (secondary N) is 1. The Bertz CT molecular complexity index is 558. The Morgan fingerprint density at radius 3 is 2.83 bits per heavy atom. The van der Waals surface area contributed by atoms with Crippen LogP contribution in [0.4, 0.5) is 5.82 Å². The van der Waals surface area contributed by atoms with Crippen LogP contribution in [0.1, 0.15) is 20.9 Å². The number of nitrogen functional groups attached to an aromatic ring is 1. The average Bonchev–Trinajstić information content (AvgIpc) is 2.85. The number of hydrogen-bond acceptors (Lipinski definition) is 4. The highest BCUT2D eigenvalue weighted by Crippen LogP contribution is 2.23. The number of halogens is 1. The van der Waals surface area contributed by atoms with Gasteiger partial charge in [-0.05, 0) is 19.1 Å². The zero-order valence-corrected chi connectivity index (χ0v) is 11.6. The minimum Gasteiger partial charge on any atom is -0.382 e. The fourth-order valence-corrected chi connectivity index (χ4v) is 2.79. The molecule has 0 aliphatic rings. The number of rotatable bonds is 3. The molecule has 18 heavy (non-hydrogen) atoms. The molecule has 0 atom stereocenters. The second kappa shape index (κ2) is 4.99. The van der Waals surface area contributed by atoms with Crippen molar-refractivity contribution in [2.24, 2.45) is 0 Å². The van der Waals surface area contributed by atoms with Crippen molar-refractivity contribution in [3.63, 3.8) is 0 Å². The van der Waals surface area contributed by atoms with Gasteiger partial charge < -0.3 is 10.6 Å². The van der Waals surface area contributed by atoms with Crippen LogP contribution in [0.25, 0.3) is 0 Å². The van der Waals surface area contributed by atoms with Gasteiger partial charge in [-0.3, -0.25) is 9.89 Å². The summed E-state index contributed by atoms with van der Waals surface area (Å²) in [6, 6.07) is 3.72. The number of anilines is 1. The number of carbonyl (C=O) groups excluding carboxylic acids is 1. The number of thiophene rings is 1. The van der Waals surface area contributed by atoms with Crippen LogP contribution < -0.4 is 5.73 Å². The van der Waals surface area contributed by atoms with Crippen LogP contribution in [0.2, 0.25) is 4.34 Å². The molecule has 1 amide bonds. The lowest BCUT2D eigenvalue weighted by Crippen LogP contribution is -2.26. The lowest BCUT2D eigenvalue weighted by Gasteiger charge is -2.16. The van der Waals surface area contributed by atoms with E-state index in [1.165, 1.54) is 11.3 Å². The highest BCUT2D eigenvalue weighted by atomic mass is 35.5. The predicted octanol–water partition coefficient (Wildman–Crippen LogP) is 2.29. The van der Waals surface area contributed by atoms with E-state index in [4.69, 9.17) is 17.3 Å². The first-order valence-electron chi connectivity index (χ1n) is 5.29. The lowest BCUT2D eigenvalue weighted by atomic mass is 10.2. The summed E-state index contributed by atoms with van der Waals surface area (Å²) in [6.07, 6.45) is 0. The van der Waals surface area contributed by atoms with Gasteiger partial charge in [0.1, 0.15) is 5.56 Å². The van der Waals surface area contributed by atoms with Crippen molar-refractivity contribution in [1.29, 1.82) is 0 Å². The highest BCUT2D eigenvalue weighted by Gasteiger charge is 2.20. The van der Waals surface area contributed by atoms with Crippen molar-refractivity contribution in [1.82, 2.24) is 15.1 Å². The Labute approximate surface area is 114 Å². The van der Waals surface area contributed by atoms with E-state index >= 15 is 0 Å². The molecule has 0 aliphatic carbocycles.